The molecule has 0 saturated heterocycles. The fourth-order valence-corrected chi connectivity index (χ4v) is 3.17. The molecule has 2 rings (SSSR count). The number of aromatic nitrogens is 1. The van der Waals surface area contributed by atoms with Crippen LogP contribution < -0.4 is 4.90 Å². The van der Waals surface area contributed by atoms with Gasteiger partial charge in [0.1, 0.15) is 17.0 Å². The van der Waals surface area contributed by atoms with Gasteiger partial charge in [-0.2, -0.15) is 9.27 Å². The molecule has 0 fully saturated rings. The topological polar surface area (TPSA) is 68.7 Å². The van der Waals surface area contributed by atoms with Crippen LogP contribution in [0.5, 0.6) is 0 Å². The Hall–Kier alpha value is -2.19. The SMILES string of the molecule is CC(C)(C)OC(=O)N(C(=O)OC(C)(C)C)c1csnc1Cc1cc(F)ccc1Cl. The summed E-state index contributed by atoms with van der Waals surface area (Å²) in [5, 5.41) is 1.89. The van der Waals surface area contributed by atoms with Gasteiger partial charge in [-0.05, 0) is 76.8 Å². The number of ether oxygens (including phenoxy) is 2. The zero-order valence-electron chi connectivity index (χ0n) is 17.2. The maximum absolute atomic E-state index is 13.6. The van der Waals surface area contributed by atoms with Crippen LogP contribution in [-0.4, -0.2) is 27.8 Å². The van der Waals surface area contributed by atoms with Gasteiger partial charge >= 0.3 is 12.2 Å². The molecule has 1 heterocycles. The number of nitrogens with zero attached hydrogens (tertiary/aromatic N) is 2. The highest BCUT2D eigenvalue weighted by molar-refractivity contribution is 7.04. The molecule has 0 radical (unpaired) electrons. The van der Waals surface area contributed by atoms with Gasteiger partial charge < -0.3 is 9.47 Å². The predicted molar refractivity (Wildman–Crippen MR) is 111 cm³/mol. The molecule has 0 bridgehead atoms. The van der Waals surface area contributed by atoms with Crippen LogP contribution in [0.3, 0.4) is 0 Å². The first kappa shape index (κ1) is 23.1. The lowest BCUT2D eigenvalue weighted by Crippen LogP contribution is -2.44. The minimum Gasteiger partial charge on any atom is -0.443 e. The minimum atomic E-state index is -0.890. The van der Waals surface area contributed by atoms with Crippen molar-refractivity contribution >= 4 is 41.0 Å². The van der Waals surface area contributed by atoms with Crippen LogP contribution >= 0.6 is 23.1 Å². The van der Waals surface area contributed by atoms with E-state index in [9.17, 15) is 14.0 Å². The molecule has 2 aromatic rings. The van der Waals surface area contributed by atoms with Crippen molar-refractivity contribution in [2.45, 2.75) is 59.2 Å². The number of amides is 2. The molecule has 0 saturated carbocycles. The van der Waals surface area contributed by atoms with Crippen molar-refractivity contribution in [1.82, 2.24) is 4.37 Å². The Kier molecular flexibility index (Phi) is 6.90. The molecular weight excluding hydrogens is 419 g/mol. The lowest BCUT2D eigenvalue weighted by molar-refractivity contribution is 0.0430. The van der Waals surface area contributed by atoms with Crippen LogP contribution in [0.1, 0.15) is 52.8 Å². The molecule has 9 heteroatoms. The van der Waals surface area contributed by atoms with Crippen LogP contribution in [0.25, 0.3) is 0 Å². The van der Waals surface area contributed by atoms with Gasteiger partial charge in [-0.15, -0.1) is 0 Å². The van der Waals surface area contributed by atoms with Crippen molar-refractivity contribution in [2.24, 2.45) is 0 Å². The molecule has 2 amide bonds. The lowest BCUT2D eigenvalue weighted by Gasteiger charge is -2.28. The van der Waals surface area contributed by atoms with Crippen LogP contribution in [0.2, 0.25) is 5.02 Å². The van der Waals surface area contributed by atoms with Crippen molar-refractivity contribution in [2.75, 3.05) is 4.90 Å². The van der Waals surface area contributed by atoms with E-state index < -0.39 is 29.2 Å². The Morgan fingerprint density at radius 1 is 1.10 bits per heavy atom. The van der Waals surface area contributed by atoms with Gasteiger partial charge in [-0.1, -0.05) is 11.6 Å². The first-order chi connectivity index (χ1) is 13.3. The van der Waals surface area contributed by atoms with Crippen molar-refractivity contribution in [1.29, 1.82) is 0 Å². The third kappa shape index (κ3) is 6.68. The quantitative estimate of drug-likeness (QED) is 0.565. The van der Waals surface area contributed by atoms with Crippen molar-refractivity contribution in [3.63, 3.8) is 0 Å². The minimum absolute atomic E-state index is 0.123. The third-order valence-corrected chi connectivity index (χ3v) is 4.40. The van der Waals surface area contributed by atoms with Crippen LogP contribution in [0.4, 0.5) is 19.7 Å². The Balaban J connectivity index is 2.44. The number of benzene rings is 1. The normalized spacial score (nSPS) is 11.9. The fraction of sp³-hybridized carbons (Fsp3) is 0.450. The van der Waals surface area contributed by atoms with Gasteiger partial charge in [0, 0.05) is 16.8 Å². The highest BCUT2D eigenvalue weighted by atomic mass is 35.5. The van der Waals surface area contributed by atoms with Crippen LogP contribution in [0.15, 0.2) is 23.6 Å². The second-order valence-electron chi connectivity index (χ2n) is 8.36. The molecule has 0 unspecified atom stereocenters. The standard InChI is InChI=1S/C20H24ClFN2O4S/c1-19(2,3)27-17(25)24(18(26)28-20(4,5)6)16-11-29-23-15(16)10-12-9-13(22)7-8-14(12)21/h7-9,11H,10H2,1-6H3. The summed E-state index contributed by atoms with van der Waals surface area (Å²) in [5.74, 6) is -0.447. The smallest absolute Gasteiger partial charge is 0.424 e. The van der Waals surface area contributed by atoms with E-state index in [1.165, 1.54) is 23.6 Å². The highest BCUT2D eigenvalue weighted by Gasteiger charge is 2.35. The summed E-state index contributed by atoms with van der Waals surface area (Å²) in [6.45, 7) is 10.2. The summed E-state index contributed by atoms with van der Waals surface area (Å²) in [4.78, 5) is 26.4. The molecule has 158 valence electrons. The number of hydrogen-bond donors (Lipinski definition) is 0. The van der Waals surface area contributed by atoms with E-state index in [1.54, 1.807) is 41.5 Å². The van der Waals surface area contributed by atoms with Gasteiger partial charge in [0.2, 0.25) is 0 Å². The first-order valence-corrected chi connectivity index (χ1v) is 10.1. The summed E-state index contributed by atoms with van der Waals surface area (Å²) in [5.41, 5.74) is -0.593. The monoisotopic (exact) mass is 442 g/mol. The zero-order valence-corrected chi connectivity index (χ0v) is 18.8. The summed E-state index contributed by atoms with van der Waals surface area (Å²) in [6.07, 6.45) is -1.66. The third-order valence-electron chi connectivity index (χ3n) is 3.38. The molecule has 0 N–H and O–H groups in total. The number of halogens is 2. The Bertz CT molecular complexity index is 875. The second-order valence-corrected chi connectivity index (χ2v) is 9.39. The Labute approximate surface area is 178 Å². The number of carbonyl (C=O) groups is 2. The van der Waals surface area contributed by atoms with Gasteiger partial charge in [0.15, 0.2) is 0 Å². The van der Waals surface area contributed by atoms with Gasteiger partial charge in [-0.25, -0.2) is 14.0 Å². The van der Waals surface area contributed by atoms with E-state index in [4.69, 9.17) is 21.1 Å². The van der Waals surface area contributed by atoms with E-state index in [0.717, 1.165) is 16.4 Å². The fourth-order valence-electron chi connectivity index (χ4n) is 2.30. The van der Waals surface area contributed by atoms with E-state index in [0.29, 0.717) is 16.3 Å². The Morgan fingerprint density at radius 2 is 1.66 bits per heavy atom. The lowest BCUT2D eigenvalue weighted by atomic mass is 10.1. The number of imide groups is 1. The Morgan fingerprint density at radius 3 is 2.17 bits per heavy atom. The molecule has 0 aliphatic carbocycles. The molecule has 1 aromatic heterocycles. The molecule has 0 aliphatic rings. The maximum Gasteiger partial charge on any atom is 0.424 e. The van der Waals surface area contributed by atoms with Gasteiger partial charge in [0.05, 0.1) is 11.4 Å². The summed E-state index contributed by atoms with van der Waals surface area (Å²) < 4.78 is 28.7. The largest absolute Gasteiger partial charge is 0.443 e. The van der Waals surface area contributed by atoms with Crippen LogP contribution in [-0.2, 0) is 15.9 Å². The van der Waals surface area contributed by atoms with Crippen LogP contribution in [0, 0.1) is 5.82 Å². The average Bonchev–Trinajstić information content (AvgIpc) is 2.95. The van der Waals surface area contributed by atoms with Gasteiger partial charge in [0.25, 0.3) is 0 Å². The van der Waals surface area contributed by atoms with E-state index in [1.807, 2.05) is 0 Å². The molecule has 1 aromatic carbocycles. The number of hydrogen-bond acceptors (Lipinski definition) is 6. The molecule has 0 spiro atoms. The molecular formula is C20H24ClFN2O4S. The number of rotatable bonds is 3. The highest BCUT2D eigenvalue weighted by Crippen LogP contribution is 2.30. The van der Waals surface area contributed by atoms with E-state index in [-0.39, 0.29) is 12.1 Å². The summed E-state index contributed by atoms with van der Waals surface area (Å²) in [6, 6.07) is 3.98. The zero-order chi connectivity index (χ0) is 22.0. The van der Waals surface area contributed by atoms with E-state index >= 15 is 0 Å². The predicted octanol–water partition coefficient (Wildman–Crippen LogP) is 6.20. The molecule has 0 atom stereocenters. The molecule has 29 heavy (non-hydrogen) atoms. The number of anilines is 1. The molecule has 6 nitrogen and oxygen atoms in total. The van der Waals surface area contributed by atoms with Crippen molar-refractivity contribution < 1.29 is 23.5 Å². The van der Waals surface area contributed by atoms with Crippen molar-refractivity contribution in [3.05, 3.63) is 45.7 Å². The first-order valence-electron chi connectivity index (χ1n) is 8.90. The van der Waals surface area contributed by atoms with Gasteiger partial charge in [-0.3, -0.25) is 0 Å². The second kappa shape index (κ2) is 8.67. The molecule has 0 aliphatic heterocycles. The summed E-state index contributed by atoms with van der Waals surface area (Å²) in [7, 11) is 0. The number of carbonyl (C=O) groups excluding carboxylic acids is 2. The maximum atomic E-state index is 13.6. The summed E-state index contributed by atoms with van der Waals surface area (Å²) >= 11 is 7.21. The van der Waals surface area contributed by atoms with Crippen molar-refractivity contribution in [3.8, 4) is 0 Å². The van der Waals surface area contributed by atoms with E-state index in [2.05, 4.69) is 4.37 Å². The average molecular weight is 443 g/mol.